The lowest BCUT2D eigenvalue weighted by Gasteiger charge is -2.18. The summed E-state index contributed by atoms with van der Waals surface area (Å²) in [5.41, 5.74) is 0. The fraction of sp³-hybridized carbons (Fsp3) is 0.879. The van der Waals surface area contributed by atoms with Gasteiger partial charge in [0.05, 0.1) is 0 Å². The van der Waals surface area contributed by atoms with Crippen LogP contribution in [0.1, 0.15) is 310 Å². The average molecular weight is 901 g/mol. The lowest BCUT2D eigenvalue weighted by molar-refractivity contribution is -0.167. The molecule has 0 aliphatic carbocycles. The van der Waals surface area contributed by atoms with Crippen molar-refractivity contribution in [2.75, 3.05) is 13.2 Å². The lowest BCUT2D eigenvalue weighted by Crippen LogP contribution is -2.30. The van der Waals surface area contributed by atoms with Crippen molar-refractivity contribution in [1.29, 1.82) is 0 Å². The van der Waals surface area contributed by atoms with Gasteiger partial charge in [-0.15, -0.1) is 0 Å². The van der Waals surface area contributed by atoms with Gasteiger partial charge in [0.25, 0.3) is 0 Å². The van der Waals surface area contributed by atoms with Gasteiger partial charge in [-0.2, -0.15) is 0 Å². The molecule has 0 aliphatic heterocycles. The molecule has 0 amide bonds. The van der Waals surface area contributed by atoms with Crippen LogP contribution in [0.25, 0.3) is 0 Å². The lowest BCUT2D eigenvalue weighted by atomic mass is 10.0. The third-order valence-corrected chi connectivity index (χ3v) is 12.7. The molecular formula is C58H108O6. The second kappa shape index (κ2) is 53.5. The molecule has 64 heavy (non-hydrogen) atoms. The van der Waals surface area contributed by atoms with Crippen LogP contribution in [0.2, 0.25) is 0 Å². The summed E-state index contributed by atoms with van der Waals surface area (Å²) in [6, 6.07) is 0. The molecule has 0 aromatic carbocycles. The Morgan fingerprint density at radius 2 is 0.562 bits per heavy atom. The third kappa shape index (κ3) is 50.9. The smallest absolute Gasteiger partial charge is 0.306 e. The summed E-state index contributed by atoms with van der Waals surface area (Å²) in [7, 11) is 0. The Kier molecular flexibility index (Phi) is 51.7. The number of esters is 3. The molecule has 1 atom stereocenters. The SMILES string of the molecule is CCCCC/C=C\C/C=C\CCCCCCCCCC(=O)OC(COC(=O)CCCCCCCCCCC)COC(=O)CCCCCCCCCCCCCCCCCCCCCC. The topological polar surface area (TPSA) is 78.9 Å². The van der Waals surface area contributed by atoms with Crippen LogP contribution in [0.4, 0.5) is 0 Å². The van der Waals surface area contributed by atoms with Gasteiger partial charge in [-0.3, -0.25) is 14.4 Å². The molecule has 1 unspecified atom stereocenters. The summed E-state index contributed by atoms with van der Waals surface area (Å²) < 4.78 is 16.8. The van der Waals surface area contributed by atoms with Crippen LogP contribution >= 0.6 is 0 Å². The van der Waals surface area contributed by atoms with Gasteiger partial charge in [0.2, 0.25) is 0 Å². The number of carbonyl (C=O) groups excluding carboxylic acids is 3. The highest BCUT2D eigenvalue weighted by atomic mass is 16.6. The summed E-state index contributed by atoms with van der Waals surface area (Å²) in [5.74, 6) is -0.862. The molecule has 0 rings (SSSR count). The molecule has 0 radical (unpaired) electrons. The molecular weight excluding hydrogens is 793 g/mol. The normalized spacial score (nSPS) is 12.1. The number of carbonyl (C=O) groups is 3. The Balaban J connectivity index is 4.23. The molecule has 0 aromatic rings. The minimum Gasteiger partial charge on any atom is -0.462 e. The second-order valence-electron chi connectivity index (χ2n) is 19.2. The predicted molar refractivity (Wildman–Crippen MR) is 275 cm³/mol. The molecule has 6 heteroatoms. The van der Waals surface area contributed by atoms with Crippen LogP contribution in [0, 0.1) is 0 Å². The molecule has 376 valence electrons. The average Bonchev–Trinajstić information content (AvgIpc) is 3.29. The molecule has 0 bridgehead atoms. The Morgan fingerprint density at radius 1 is 0.312 bits per heavy atom. The van der Waals surface area contributed by atoms with E-state index < -0.39 is 6.10 Å². The zero-order chi connectivity index (χ0) is 46.5. The molecule has 0 fully saturated rings. The largest absolute Gasteiger partial charge is 0.462 e. The van der Waals surface area contributed by atoms with E-state index in [1.807, 2.05) is 0 Å². The Morgan fingerprint density at radius 3 is 0.891 bits per heavy atom. The number of allylic oxidation sites excluding steroid dienone is 4. The van der Waals surface area contributed by atoms with E-state index in [1.165, 1.54) is 199 Å². The van der Waals surface area contributed by atoms with E-state index in [0.717, 1.165) is 70.6 Å². The second-order valence-corrected chi connectivity index (χ2v) is 19.2. The van der Waals surface area contributed by atoms with Crippen LogP contribution in [0.3, 0.4) is 0 Å². The van der Waals surface area contributed by atoms with Crippen molar-refractivity contribution in [2.24, 2.45) is 0 Å². The van der Waals surface area contributed by atoms with Gasteiger partial charge >= 0.3 is 17.9 Å². The monoisotopic (exact) mass is 901 g/mol. The fourth-order valence-corrected chi connectivity index (χ4v) is 8.42. The maximum absolute atomic E-state index is 12.8. The highest BCUT2D eigenvalue weighted by Gasteiger charge is 2.19. The summed E-state index contributed by atoms with van der Waals surface area (Å²) >= 11 is 0. The quantitative estimate of drug-likeness (QED) is 0.0262. The van der Waals surface area contributed by atoms with Crippen molar-refractivity contribution in [1.82, 2.24) is 0 Å². The zero-order valence-corrected chi connectivity index (χ0v) is 43.1. The Hall–Kier alpha value is -2.11. The summed E-state index contributed by atoms with van der Waals surface area (Å²) in [6.07, 6.45) is 61.7. The van der Waals surface area contributed by atoms with E-state index in [-0.39, 0.29) is 31.1 Å². The zero-order valence-electron chi connectivity index (χ0n) is 43.1. The van der Waals surface area contributed by atoms with Crippen LogP contribution in [-0.4, -0.2) is 37.2 Å². The fourth-order valence-electron chi connectivity index (χ4n) is 8.42. The van der Waals surface area contributed by atoms with Gasteiger partial charge in [-0.1, -0.05) is 263 Å². The molecule has 0 aliphatic rings. The first-order chi connectivity index (χ1) is 31.5. The standard InChI is InChI=1S/C58H108O6/c1-4-7-10-13-16-19-21-23-25-27-28-29-31-32-34-36-39-42-45-48-51-57(60)63-54-55(53-62-56(59)50-47-44-41-38-18-15-12-9-6-3)64-58(61)52-49-46-43-40-37-35-33-30-26-24-22-20-17-14-11-8-5-2/h17,20,24,26,55H,4-16,18-19,21-23,25,27-54H2,1-3H3/b20-17-,26-24-. The maximum atomic E-state index is 12.8. The first kappa shape index (κ1) is 61.9. The van der Waals surface area contributed by atoms with E-state index in [1.54, 1.807) is 0 Å². The van der Waals surface area contributed by atoms with Crippen molar-refractivity contribution in [3.05, 3.63) is 24.3 Å². The van der Waals surface area contributed by atoms with Crippen molar-refractivity contribution >= 4 is 17.9 Å². The van der Waals surface area contributed by atoms with Crippen molar-refractivity contribution in [2.45, 2.75) is 316 Å². The minimum absolute atomic E-state index is 0.0694. The number of hydrogen-bond donors (Lipinski definition) is 0. The summed E-state index contributed by atoms with van der Waals surface area (Å²) in [6.45, 7) is 6.63. The Bertz CT molecular complexity index is 1040. The first-order valence-electron chi connectivity index (χ1n) is 28.3. The first-order valence-corrected chi connectivity index (χ1v) is 28.3. The van der Waals surface area contributed by atoms with Gasteiger partial charge in [-0.05, 0) is 51.4 Å². The van der Waals surface area contributed by atoms with Gasteiger partial charge in [0.15, 0.2) is 6.10 Å². The summed E-state index contributed by atoms with van der Waals surface area (Å²) in [5, 5.41) is 0. The van der Waals surface area contributed by atoms with Crippen LogP contribution in [0.15, 0.2) is 24.3 Å². The molecule has 0 spiro atoms. The Labute approximate surface area is 398 Å². The van der Waals surface area contributed by atoms with Crippen molar-refractivity contribution in [3.63, 3.8) is 0 Å². The number of unbranched alkanes of at least 4 members (excludes halogenated alkanes) is 37. The molecule has 0 saturated heterocycles. The van der Waals surface area contributed by atoms with Gasteiger partial charge in [-0.25, -0.2) is 0 Å². The van der Waals surface area contributed by atoms with Crippen LogP contribution in [-0.2, 0) is 28.6 Å². The van der Waals surface area contributed by atoms with E-state index >= 15 is 0 Å². The third-order valence-electron chi connectivity index (χ3n) is 12.7. The number of ether oxygens (including phenoxy) is 3. The minimum atomic E-state index is -0.769. The van der Waals surface area contributed by atoms with E-state index in [0.29, 0.717) is 19.3 Å². The highest BCUT2D eigenvalue weighted by molar-refractivity contribution is 5.71. The van der Waals surface area contributed by atoms with Crippen molar-refractivity contribution in [3.8, 4) is 0 Å². The highest BCUT2D eigenvalue weighted by Crippen LogP contribution is 2.17. The van der Waals surface area contributed by atoms with Crippen LogP contribution < -0.4 is 0 Å². The van der Waals surface area contributed by atoms with E-state index in [4.69, 9.17) is 14.2 Å². The molecule has 0 aromatic heterocycles. The molecule has 0 saturated carbocycles. The molecule has 0 heterocycles. The predicted octanol–water partition coefficient (Wildman–Crippen LogP) is 18.7. The maximum Gasteiger partial charge on any atom is 0.306 e. The number of rotatable bonds is 52. The number of hydrogen-bond acceptors (Lipinski definition) is 6. The molecule has 0 N–H and O–H groups in total. The van der Waals surface area contributed by atoms with E-state index in [2.05, 4.69) is 45.1 Å². The van der Waals surface area contributed by atoms with Gasteiger partial charge < -0.3 is 14.2 Å². The van der Waals surface area contributed by atoms with Crippen LogP contribution in [0.5, 0.6) is 0 Å². The summed E-state index contributed by atoms with van der Waals surface area (Å²) in [4.78, 5) is 38.0. The van der Waals surface area contributed by atoms with Gasteiger partial charge in [0.1, 0.15) is 13.2 Å². The van der Waals surface area contributed by atoms with Crippen molar-refractivity contribution < 1.29 is 28.6 Å². The van der Waals surface area contributed by atoms with Gasteiger partial charge in [0, 0.05) is 19.3 Å². The van der Waals surface area contributed by atoms with E-state index in [9.17, 15) is 14.4 Å². The molecule has 6 nitrogen and oxygen atoms in total.